The van der Waals surface area contributed by atoms with E-state index in [-0.39, 0.29) is 35.7 Å². The van der Waals surface area contributed by atoms with E-state index >= 15 is 0 Å². The molecule has 0 radical (unpaired) electrons. The fourth-order valence-corrected chi connectivity index (χ4v) is 4.05. The molecular formula is C24H30O13. The second-order valence-corrected chi connectivity index (χ2v) is 8.52. The summed E-state index contributed by atoms with van der Waals surface area (Å²) in [6.45, 7) is 0.811. The fourth-order valence-electron chi connectivity index (χ4n) is 4.05. The largest absolute Gasteiger partial charge is 0.504 e. The predicted molar refractivity (Wildman–Crippen MR) is 122 cm³/mol. The number of carbonyl (C=O) groups is 2. The first-order chi connectivity index (χ1) is 17.6. The van der Waals surface area contributed by atoms with Crippen molar-refractivity contribution in [1.29, 1.82) is 0 Å². The number of hydrogen-bond donors (Lipinski definition) is 7. The molecule has 3 unspecified atom stereocenters. The zero-order valence-corrected chi connectivity index (χ0v) is 19.8. The van der Waals surface area contributed by atoms with E-state index < -0.39 is 67.9 Å². The van der Waals surface area contributed by atoms with Crippen LogP contribution in [0.15, 0.2) is 41.7 Å². The lowest BCUT2D eigenvalue weighted by Gasteiger charge is -2.41. The van der Waals surface area contributed by atoms with Gasteiger partial charge in [-0.2, -0.15) is 0 Å². The molecule has 13 nitrogen and oxygen atoms in total. The van der Waals surface area contributed by atoms with Crippen molar-refractivity contribution >= 4 is 11.9 Å². The second-order valence-electron chi connectivity index (χ2n) is 8.52. The molecule has 1 aromatic rings. The van der Waals surface area contributed by atoms with Gasteiger partial charge in [-0.15, -0.1) is 0 Å². The highest BCUT2D eigenvalue weighted by atomic mass is 16.8. The molecule has 0 spiro atoms. The average molecular weight is 526 g/mol. The van der Waals surface area contributed by atoms with Crippen molar-refractivity contribution in [3.8, 4) is 11.5 Å². The van der Waals surface area contributed by atoms with Gasteiger partial charge in [0, 0.05) is 17.9 Å². The van der Waals surface area contributed by atoms with Crippen molar-refractivity contribution in [3.05, 3.63) is 47.2 Å². The maximum absolute atomic E-state index is 12.6. The van der Waals surface area contributed by atoms with Crippen molar-refractivity contribution < 1.29 is 64.3 Å². The smallest absolute Gasteiger partial charge is 0.335 e. The summed E-state index contributed by atoms with van der Waals surface area (Å²) in [5, 5.41) is 68.1. The number of aromatic hydroxyl groups is 2. The Morgan fingerprint density at radius 3 is 2.43 bits per heavy atom. The normalized spacial score (nSPS) is 30.9. The van der Waals surface area contributed by atoms with Gasteiger partial charge in [-0.05, 0) is 24.6 Å². The number of ether oxygens (including phenoxy) is 4. The van der Waals surface area contributed by atoms with E-state index in [1.54, 1.807) is 13.0 Å². The molecule has 2 aliphatic heterocycles. The van der Waals surface area contributed by atoms with Crippen LogP contribution in [0.5, 0.6) is 11.5 Å². The molecule has 1 saturated heterocycles. The molecule has 7 atom stereocenters. The number of aliphatic hydroxyl groups excluding tert-OH is 4. The van der Waals surface area contributed by atoms with E-state index in [2.05, 4.69) is 0 Å². The van der Waals surface area contributed by atoms with E-state index in [1.807, 2.05) is 0 Å². The minimum atomic E-state index is -1.72. The first-order valence-electron chi connectivity index (χ1n) is 11.4. The Kier molecular flexibility index (Phi) is 9.48. The van der Waals surface area contributed by atoms with Gasteiger partial charge in [-0.25, -0.2) is 4.79 Å². The molecule has 0 saturated carbocycles. The van der Waals surface area contributed by atoms with Crippen molar-refractivity contribution in [3.63, 3.8) is 0 Å². The summed E-state index contributed by atoms with van der Waals surface area (Å²) in [5.74, 6) is -3.70. The molecule has 13 heteroatoms. The van der Waals surface area contributed by atoms with Crippen LogP contribution in [0.3, 0.4) is 0 Å². The van der Waals surface area contributed by atoms with Crippen LogP contribution in [-0.2, 0) is 35.0 Å². The summed E-state index contributed by atoms with van der Waals surface area (Å²) < 4.78 is 21.6. The van der Waals surface area contributed by atoms with Crippen LogP contribution in [0.4, 0.5) is 0 Å². The standard InChI is InChI=1S/C24H30O13/c1-2-12-13(8-18(28)34-6-5-11-3-4-15(26)16(27)7-11)14(22(32)33)10-35-23(12)37-24-21(31)20(30)19(29)17(9-25)36-24/h2-4,7,10,13,17,19-21,23-27,29-31H,5-6,8-9H2,1H3,(H,32,33)/t13?,17-,19-,20+,21-,23?,24?/m1/s1. The first-order valence-corrected chi connectivity index (χ1v) is 11.4. The summed E-state index contributed by atoms with van der Waals surface area (Å²) in [7, 11) is 0. The number of hydrogen-bond acceptors (Lipinski definition) is 12. The summed E-state index contributed by atoms with van der Waals surface area (Å²) in [4.78, 5) is 24.4. The Balaban J connectivity index is 1.68. The highest BCUT2D eigenvalue weighted by molar-refractivity contribution is 5.89. The molecule has 3 rings (SSSR count). The number of carboxylic acid groups (broad SMARTS) is 1. The van der Waals surface area contributed by atoms with Crippen LogP contribution in [-0.4, -0.2) is 97.9 Å². The van der Waals surface area contributed by atoms with E-state index in [0.29, 0.717) is 5.56 Å². The predicted octanol–water partition coefficient (Wildman–Crippen LogP) is -0.723. The quantitative estimate of drug-likeness (QED) is 0.120. The lowest BCUT2D eigenvalue weighted by molar-refractivity contribution is -0.327. The third-order valence-electron chi connectivity index (χ3n) is 6.12. The lowest BCUT2D eigenvalue weighted by atomic mass is 9.86. The van der Waals surface area contributed by atoms with Crippen molar-refractivity contribution in [2.45, 2.75) is 56.8 Å². The Labute approximate surface area is 211 Å². The molecule has 1 aromatic carbocycles. The van der Waals surface area contributed by atoms with Crippen LogP contribution in [0, 0.1) is 5.92 Å². The third-order valence-corrected chi connectivity index (χ3v) is 6.12. The van der Waals surface area contributed by atoms with E-state index in [9.17, 15) is 45.3 Å². The SMILES string of the molecule is CC=C1C(OC2O[C@H](CO)[C@@H](O)[C@H](O)[C@H]2O)OC=C(C(=O)O)C1CC(=O)OCCc1ccc(O)c(O)c1. The van der Waals surface area contributed by atoms with Crippen LogP contribution in [0.25, 0.3) is 0 Å². The molecule has 2 heterocycles. The zero-order valence-electron chi connectivity index (χ0n) is 19.8. The number of phenols is 2. The molecule has 2 aliphatic rings. The molecule has 0 aliphatic carbocycles. The van der Waals surface area contributed by atoms with Crippen LogP contribution in [0.2, 0.25) is 0 Å². The second kappa shape index (κ2) is 12.4. The minimum Gasteiger partial charge on any atom is -0.504 e. The zero-order chi connectivity index (χ0) is 27.3. The van der Waals surface area contributed by atoms with E-state index in [4.69, 9.17) is 18.9 Å². The van der Waals surface area contributed by atoms with E-state index in [1.165, 1.54) is 18.2 Å². The highest BCUT2D eigenvalue weighted by Crippen LogP contribution is 2.36. The van der Waals surface area contributed by atoms with Gasteiger partial charge in [0.1, 0.15) is 24.4 Å². The van der Waals surface area contributed by atoms with Crippen LogP contribution >= 0.6 is 0 Å². The van der Waals surface area contributed by atoms with E-state index in [0.717, 1.165) is 6.26 Å². The first kappa shape index (κ1) is 28.4. The van der Waals surface area contributed by atoms with Crippen LogP contribution in [0.1, 0.15) is 18.9 Å². The van der Waals surface area contributed by atoms with Crippen molar-refractivity contribution in [2.24, 2.45) is 5.92 Å². The number of phenolic OH excluding ortho intramolecular Hbond substituents is 2. The summed E-state index contributed by atoms with van der Waals surface area (Å²) >= 11 is 0. The molecular weight excluding hydrogens is 496 g/mol. The van der Waals surface area contributed by atoms with Gasteiger partial charge in [0.15, 0.2) is 17.8 Å². The number of carboxylic acids is 1. The topological polar surface area (TPSA) is 213 Å². The molecule has 0 amide bonds. The van der Waals surface area contributed by atoms with Gasteiger partial charge >= 0.3 is 11.9 Å². The number of benzene rings is 1. The van der Waals surface area contributed by atoms with Crippen molar-refractivity contribution in [2.75, 3.05) is 13.2 Å². The van der Waals surface area contributed by atoms with Gasteiger partial charge in [-0.3, -0.25) is 4.79 Å². The summed E-state index contributed by atoms with van der Waals surface area (Å²) in [6.07, 6.45) is -6.90. The highest BCUT2D eigenvalue weighted by Gasteiger charge is 2.46. The average Bonchev–Trinajstić information content (AvgIpc) is 2.86. The summed E-state index contributed by atoms with van der Waals surface area (Å²) in [5.41, 5.74) is 0.557. The lowest BCUT2D eigenvalue weighted by Crippen LogP contribution is -2.60. The van der Waals surface area contributed by atoms with Gasteiger partial charge in [0.2, 0.25) is 6.29 Å². The molecule has 0 bridgehead atoms. The Bertz CT molecular complexity index is 1030. The molecule has 37 heavy (non-hydrogen) atoms. The monoisotopic (exact) mass is 526 g/mol. The molecule has 204 valence electrons. The number of aliphatic carboxylic acids is 1. The fraction of sp³-hybridized carbons (Fsp3) is 0.500. The number of esters is 1. The molecule has 1 fully saturated rings. The summed E-state index contributed by atoms with van der Waals surface area (Å²) in [6, 6.07) is 4.17. The maximum atomic E-state index is 12.6. The third kappa shape index (κ3) is 6.57. The van der Waals surface area contributed by atoms with Gasteiger partial charge in [-0.1, -0.05) is 12.1 Å². The number of carbonyl (C=O) groups excluding carboxylic acids is 1. The number of rotatable bonds is 9. The molecule has 7 N–H and O–H groups in total. The van der Waals surface area contributed by atoms with Gasteiger partial charge in [0.05, 0.1) is 31.5 Å². The Morgan fingerprint density at radius 2 is 1.81 bits per heavy atom. The maximum Gasteiger partial charge on any atom is 0.335 e. The van der Waals surface area contributed by atoms with Crippen molar-refractivity contribution in [1.82, 2.24) is 0 Å². The number of aliphatic hydroxyl groups is 4. The minimum absolute atomic E-state index is 0.0750. The Hall–Kier alpha value is -3.20. The molecule has 0 aromatic heterocycles. The van der Waals surface area contributed by atoms with Gasteiger partial charge in [0.25, 0.3) is 0 Å². The van der Waals surface area contributed by atoms with Gasteiger partial charge < -0.3 is 54.7 Å². The van der Waals surface area contributed by atoms with Crippen LogP contribution < -0.4 is 0 Å². The number of allylic oxidation sites excluding steroid dienone is 1. The Morgan fingerprint density at radius 1 is 1.08 bits per heavy atom.